The molecule has 17 heteroatoms. The molecular weight excluding hydrogens is 800 g/mol. The monoisotopic (exact) mass is 851 g/mol. The first-order valence-electron chi connectivity index (χ1n) is 21.2. The van der Waals surface area contributed by atoms with Crippen LogP contribution in [0.1, 0.15) is 85.1 Å². The van der Waals surface area contributed by atoms with E-state index in [2.05, 4.69) is 15.4 Å². The Labute approximate surface area is 350 Å². The zero-order chi connectivity index (χ0) is 41.9. The second-order valence-electron chi connectivity index (χ2n) is 18.2. The first-order valence-corrected chi connectivity index (χ1v) is 22.1. The Bertz CT molecular complexity index is 2040. The number of alkyl halides is 3. The van der Waals surface area contributed by atoms with Gasteiger partial charge in [-0.15, -0.1) is 11.3 Å². The smallest absolute Gasteiger partial charge is 0.378 e. The van der Waals surface area contributed by atoms with Gasteiger partial charge in [0.2, 0.25) is 17.7 Å². The molecule has 1 spiro atoms. The molecule has 60 heavy (non-hydrogen) atoms. The number of nitrogens with one attached hydrogen (secondary N) is 1. The largest absolute Gasteiger partial charge is 0.403 e. The number of nitrogens with zero attached hydrogens (tertiary/aromatic N) is 6. The van der Waals surface area contributed by atoms with Crippen molar-refractivity contribution in [2.24, 2.45) is 22.2 Å². The third kappa shape index (κ3) is 7.74. The molecule has 4 amide bonds. The lowest BCUT2D eigenvalue weighted by Crippen LogP contribution is -2.67. The van der Waals surface area contributed by atoms with E-state index in [1.807, 2.05) is 35.7 Å². The predicted molar refractivity (Wildman–Crippen MR) is 213 cm³/mol. The highest BCUT2D eigenvalue weighted by molar-refractivity contribution is 7.09. The quantitative estimate of drug-likeness (QED) is 0.272. The van der Waals surface area contributed by atoms with E-state index < -0.39 is 46.9 Å². The number of hydrogen-bond acceptors (Lipinski definition) is 9. The van der Waals surface area contributed by atoms with Crippen LogP contribution in [0.5, 0.6) is 0 Å². The minimum atomic E-state index is -4.68. The lowest BCUT2D eigenvalue weighted by atomic mass is 9.70. The van der Waals surface area contributed by atoms with Crippen LogP contribution in [0.2, 0.25) is 0 Å². The molecule has 5 aliphatic heterocycles. The first-order chi connectivity index (χ1) is 28.8. The summed E-state index contributed by atoms with van der Waals surface area (Å²) in [6.07, 6.45) is 4.54. The zero-order valence-electron chi connectivity index (χ0n) is 33.8. The Morgan fingerprint density at radius 2 is 1.70 bits per heavy atom. The van der Waals surface area contributed by atoms with E-state index in [4.69, 9.17) is 9.47 Å². The highest BCUT2D eigenvalue weighted by Crippen LogP contribution is 2.60. The van der Waals surface area contributed by atoms with Gasteiger partial charge in [-0.1, -0.05) is 30.3 Å². The molecule has 0 radical (unpaired) electrons. The number of likely N-dealkylation sites (tertiary alicyclic amines) is 3. The number of halogens is 3. The Balaban J connectivity index is 0.945. The standard InChI is InChI=1S/C43H52F3N7O6S/c1-28(58-26-40-11-7-32(8-12-40)59-27-40)34(38(56)50-16-9-30(10-17-50)36-47-15-18-60-36)49-35(54)33-22-51(37(55)31-19-48-53(21-31)20-29-5-3-2-4-6-29)23-41(33)24-52(25-41)39(57)42(13-14-42)43(44,45)46/h2-6,15,18-19,21,28,30,32-34H,7-14,16-17,20,22-27H2,1H3,(H,49,54)/t28-,32?,33+,34+,40?/m1/s1. The van der Waals surface area contributed by atoms with Crippen molar-refractivity contribution in [3.63, 3.8) is 0 Å². The van der Waals surface area contributed by atoms with Crippen LogP contribution >= 0.6 is 11.3 Å². The van der Waals surface area contributed by atoms with Crippen LogP contribution in [0.15, 0.2) is 54.3 Å². The fraction of sp³-hybridized carbons (Fsp3) is 0.628. The maximum atomic E-state index is 14.7. The Kier molecular flexibility index (Phi) is 10.8. The summed E-state index contributed by atoms with van der Waals surface area (Å²) < 4.78 is 56.4. The van der Waals surface area contributed by atoms with Crippen LogP contribution in [0.3, 0.4) is 0 Å². The maximum Gasteiger partial charge on any atom is 0.403 e. The van der Waals surface area contributed by atoms with Crippen molar-refractivity contribution in [1.29, 1.82) is 0 Å². The van der Waals surface area contributed by atoms with E-state index in [9.17, 15) is 32.3 Å². The summed E-state index contributed by atoms with van der Waals surface area (Å²) in [5.74, 6) is -2.81. The summed E-state index contributed by atoms with van der Waals surface area (Å²) in [4.78, 5) is 65.7. The average molecular weight is 852 g/mol. The lowest BCUT2D eigenvalue weighted by Gasteiger charge is -2.51. The van der Waals surface area contributed by atoms with Gasteiger partial charge in [-0.2, -0.15) is 18.3 Å². The van der Waals surface area contributed by atoms with Gasteiger partial charge < -0.3 is 29.5 Å². The van der Waals surface area contributed by atoms with Gasteiger partial charge in [-0.25, -0.2) is 4.98 Å². The second kappa shape index (κ2) is 15.8. The van der Waals surface area contributed by atoms with Crippen molar-refractivity contribution in [2.45, 2.75) is 95.2 Å². The number of carbonyl (C=O) groups excluding carboxylic acids is 4. The van der Waals surface area contributed by atoms with Crippen LogP contribution in [0.4, 0.5) is 13.2 Å². The fourth-order valence-electron chi connectivity index (χ4n) is 10.2. The topological polar surface area (TPSA) is 139 Å². The van der Waals surface area contributed by atoms with E-state index in [-0.39, 0.29) is 68.3 Å². The molecule has 13 nitrogen and oxygen atoms in total. The second-order valence-corrected chi connectivity index (χ2v) is 19.2. The molecule has 0 unspecified atom stereocenters. The fourth-order valence-corrected chi connectivity index (χ4v) is 11.0. The molecule has 2 aromatic heterocycles. The summed E-state index contributed by atoms with van der Waals surface area (Å²) in [6.45, 7) is 3.93. The van der Waals surface area contributed by atoms with Crippen molar-refractivity contribution in [3.05, 3.63) is 70.4 Å². The number of benzene rings is 1. The molecule has 7 heterocycles. The SMILES string of the molecule is C[C@@H](OCC12CCC(CC1)OC2)[C@H](NC(=O)[C@@H]1CN(C(=O)c2cnn(Cc3ccccc3)c2)CC12CN(C(=O)C1(C(F)(F)F)CC1)C2)C(=O)N1CCC(c2nccs2)CC1. The van der Waals surface area contributed by atoms with Crippen LogP contribution < -0.4 is 5.32 Å². The number of fused-ring (bicyclic) bond motifs is 3. The van der Waals surface area contributed by atoms with Gasteiger partial charge in [0.1, 0.15) is 11.5 Å². The number of aromatic nitrogens is 3. The van der Waals surface area contributed by atoms with Crippen molar-refractivity contribution >= 4 is 35.0 Å². The van der Waals surface area contributed by atoms with E-state index in [1.54, 1.807) is 40.2 Å². The summed E-state index contributed by atoms with van der Waals surface area (Å²) in [6, 6.07) is 8.58. The molecule has 7 aliphatic rings. The minimum Gasteiger partial charge on any atom is -0.378 e. The number of ether oxygens (including phenoxy) is 2. The van der Waals surface area contributed by atoms with Gasteiger partial charge in [-0.3, -0.25) is 23.9 Å². The number of piperidine rings is 1. The minimum absolute atomic E-state index is 0.0437. The normalized spacial score (nSPS) is 26.8. The summed E-state index contributed by atoms with van der Waals surface area (Å²) in [5.41, 5.74) is -2.27. The van der Waals surface area contributed by atoms with Crippen LogP contribution in [0, 0.1) is 22.2 Å². The third-order valence-electron chi connectivity index (χ3n) is 14.2. The molecule has 2 bridgehead atoms. The van der Waals surface area contributed by atoms with E-state index in [0.29, 0.717) is 38.4 Å². The number of carbonyl (C=O) groups is 4. The van der Waals surface area contributed by atoms with Gasteiger partial charge in [0, 0.05) is 73.8 Å². The van der Waals surface area contributed by atoms with E-state index in [0.717, 1.165) is 49.1 Å². The molecule has 3 aromatic rings. The van der Waals surface area contributed by atoms with Crippen LogP contribution in [-0.4, -0.2) is 130 Å². The van der Waals surface area contributed by atoms with Crippen molar-refractivity contribution in [2.75, 3.05) is 52.5 Å². The molecular formula is C43H52F3N7O6S. The molecule has 1 N–H and O–H groups in total. The molecule has 3 atom stereocenters. The van der Waals surface area contributed by atoms with Crippen molar-refractivity contribution in [1.82, 2.24) is 34.8 Å². The lowest BCUT2D eigenvalue weighted by molar-refractivity contribution is -0.205. The number of thiazole rings is 1. The third-order valence-corrected chi connectivity index (χ3v) is 15.2. The molecule has 10 rings (SSSR count). The van der Waals surface area contributed by atoms with Gasteiger partial charge in [0.05, 0.1) is 54.7 Å². The van der Waals surface area contributed by atoms with Crippen molar-refractivity contribution in [3.8, 4) is 0 Å². The molecule has 2 aliphatic carbocycles. The predicted octanol–water partition coefficient (Wildman–Crippen LogP) is 4.89. The Morgan fingerprint density at radius 1 is 0.983 bits per heavy atom. The zero-order valence-corrected chi connectivity index (χ0v) is 34.6. The number of rotatable bonds is 12. The first kappa shape index (κ1) is 41.0. The summed E-state index contributed by atoms with van der Waals surface area (Å²) in [7, 11) is 0. The Hall–Kier alpha value is -4.35. The van der Waals surface area contributed by atoms with Gasteiger partial charge >= 0.3 is 6.18 Å². The van der Waals surface area contributed by atoms with Crippen molar-refractivity contribution < 1.29 is 41.8 Å². The van der Waals surface area contributed by atoms with Crippen LogP contribution in [-0.2, 0) is 30.4 Å². The van der Waals surface area contributed by atoms with Gasteiger partial charge in [0.25, 0.3) is 5.91 Å². The number of amides is 4. The average Bonchev–Trinajstić information content (AvgIpc) is 3.54. The highest BCUT2D eigenvalue weighted by Gasteiger charge is 2.71. The van der Waals surface area contributed by atoms with E-state index >= 15 is 0 Å². The highest BCUT2D eigenvalue weighted by atomic mass is 32.1. The molecule has 322 valence electrons. The molecule has 2 saturated carbocycles. The summed E-state index contributed by atoms with van der Waals surface area (Å²) in [5, 5.41) is 10.4. The van der Waals surface area contributed by atoms with Gasteiger partial charge in [0.15, 0.2) is 0 Å². The van der Waals surface area contributed by atoms with Crippen LogP contribution in [0.25, 0.3) is 0 Å². The molecule has 7 fully saturated rings. The van der Waals surface area contributed by atoms with E-state index in [1.165, 1.54) is 16.0 Å². The summed E-state index contributed by atoms with van der Waals surface area (Å²) >= 11 is 1.60. The Morgan fingerprint density at radius 3 is 2.33 bits per heavy atom. The number of hydrogen-bond donors (Lipinski definition) is 1. The maximum absolute atomic E-state index is 14.7. The van der Waals surface area contributed by atoms with Gasteiger partial charge in [-0.05, 0) is 63.9 Å². The molecule has 5 saturated heterocycles. The molecule has 1 aromatic carbocycles.